The van der Waals surface area contributed by atoms with Gasteiger partial charge < -0.3 is 10.2 Å². The minimum atomic E-state index is -2.34. The number of carbonyl (C=O) groups excluding carboxylic acids is 1. The van der Waals surface area contributed by atoms with Gasteiger partial charge in [0.1, 0.15) is 5.67 Å². The molecule has 1 saturated heterocycles. The zero-order chi connectivity index (χ0) is 27.3. The van der Waals surface area contributed by atoms with Gasteiger partial charge in [-0.3, -0.25) is 14.8 Å². The summed E-state index contributed by atoms with van der Waals surface area (Å²) in [7, 11) is 0. The van der Waals surface area contributed by atoms with Gasteiger partial charge in [-0.1, -0.05) is 0 Å². The van der Waals surface area contributed by atoms with Crippen LogP contribution in [-0.2, 0) is 4.79 Å². The highest BCUT2D eigenvalue weighted by molar-refractivity contribution is 5.88. The van der Waals surface area contributed by atoms with E-state index in [0.29, 0.717) is 38.3 Å². The van der Waals surface area contributed by atoms with Crippen LogP contribution >= 0.6 is 0 Å². The fourth-order valence-electron chi connectivity index (χ4n) is 5.80. The molecule has 5 heterocycles. The molecule has 1 N–H and O–H groups in total. The summed E-state index contributed by atoms with van der Waals surface area (Å²) in [6, 6.07) is 5.85. The molecule has 0 spiro atoms. The summed E-state index contributed by atoms with van der Waals surface area (Å²) < 4.78 is 41.5. The highest BCUT2D eigenvalue weighted by Crippen LogP contribution is 2.48. The van der Waals surface area contributed by atoms with E-state index in [1.165, 1.54) is 6.92 Å². The molecular weight excluding hydrogens is 507 g/mol. The van der Waals surface area contributed by atoms with E-state index in [-0.39, 0.29) is 24.3 Å². The third kappa shape index (κ3) is 5.23. The largest absolute Gasteiger partial charge is 0.350 e. The van der Waals surface area contributed by atoms with Crippen molar-refractivity contribution in [2.75, 3.05) is 18.4 Å². The number of halogens is 3. The number of fused-ring (bicyclic) bond motifs is 2. The molecule has 11 heteroatoms. The van der Waals surface area contributed by atoms with Crippen LogP contribution in [-0.4, -0.2) is 67.3 Å². The normalized spacial score (nSPS) is 25.1. The first-order valence-electron chi connectivity index (χ1n) is 13.6. The summed E-state index contributed by atoms with van der Waals surface area (Å²) in [4.78, 5) is 28.2. The topological polar surface area (TPSA) is 87.8 Å². The van der Waals surface area contributed by atoms with Gasteiger partial charge in [0.15, 0.2) is 0 Å². The van der Waals surface area contributed by atoms with Gasteiger partial charge in [-0.25, -0.2) is 22.7 Å². The quantitative estimate of drug-likeness (QED) is 0.424. The van der Waals surface area contributed by atoms with E-state index in [1.807, 2.05) is 31.3 Å². The lowest BCUT2D eigenvalue weighted by Gasteiger charge is -2.32. The Morgan fingerprint density at radius 3 is 2.72 bits per heavy atom. The molecular formula is C28H32F3N7O. The minimum absolute atomic E-state index is 0.0749. The van der Waals surface area contributed by atoms with Crippen molar-refractivity contribution in [1.82, 2.24) is 24.5 Å². The molecule has 1 amide bonds. The van der Waals surface area contributed by atoms with Gasteiger partial charge in [-0.15, -0.1) is 5.10 Å². The summed E-state index contributed by atoms with van der Waals surface area (Å²) in [5, 5.41) is 7.99. The van der Waals surface area contributed by atoms with Crippen molar-refractivity contribution in [3.8, 4) is 11.3 Å². The molecule has 1 saturated carbocycles. The number of nitrogens with one attached hydrogen (secondary N) is 1. The fraction of sp³-hybridized carbons (Fsp3) is 0.536. The average molecular weight is 540 g/mol. The predicted molar refractivity (Wildman–Crippen MR) is 142 cm³/mol. The number of pyridine rings is 1. The molecule has 3 atom stereocenters. The number of aromatic nitrogens is 4. The number of likely N-dealkylation sites (tertiary alicyclic amines) is 1. The van der Waals surface area contributed by atoms with Crippen molar-refractivity contribution < 1.29 is 18.0 Å². The maximum atomic E-state index is 13.9. The Bertz CT molecular complexity index is 1430. The molecule has 3 aromatic heterocycles. The molecule has 3 aliphatic rings. The Balaban J connectivity index is 1.15. The second kappa shape index (κ2) is 9.91. The second-order valence-electron chi connectivity index (χ2n) is 11.2. The van der Waals surface area contributed by atoms with Gasteiger partial charge in [0.25, 0.3) is 0 Å². The molecule has 2 aliphatic heterocycles. The number of rotatable bonds is 7. The summed E-state index contributed by atoms with van der Waals surface area (Å²) in [5.41, 5.74) is 3.47. The van der Waals surface area contributed by atoms with E-state index in [1.54, 1.807) is 15.6 Å². The first-order chi connectivity index (χ1) is 18.7. The van der Waals surface area contributed by atoms with Gasteiger partial charge in [-0.05, 0) is 64.2 Å². The minimum Gasteiger partial charge on any atom is -0.350 e. The molecule has 0 radical (unpaired) electrons. The first kappa shape index (κ1) is 25.8. The van der Waals surface area contributed by atoms with Crippen molar-refractivity contribution in [3.63, 3.8) is 0 Å². The van der Waals surface area contributed by atoms with Gasteiger partial charge in [-0.2, -0.15) is 0 Å². The lowest BCUT2D eigenvalue weighted by atomic mass is 9.89. The summed E-state index contributed by atoms with van der Waals surface area (Å²) >= 11 is 0. The zero-order valence-electron chi connectivity index (χ0n) is 22.1. The van der Waals surface area contributed by atoms with Gasteiger partial charge in [0.05, 0.1) is 34.7 Å². The Kier molecular flexibility index (Phi) is 6.55. The number of amides is 1. The number of hydrogen-bond acceptors (Lipinski definition) is 6. The molecule has 0 aromatic carbocycles. The summed E-state index contributed by atoms with van der Waals surface area (Å²) in [5.74, 6) is -0.155. The number of hydrogen-bond donors (Lipinski definition) is 1. The monoisotopic (exact) mass is 539 g/mol. The van der Waals surface area contributed by atoms with E-state index < -0.39 is 18.0 Å². The molecule has 2 fully saturated rings. The first-order valence-corrected chi connectivity index (χ1v) is 13.6. The fourth-order valence-corrected chi connectivity index (χ4v) is 5.80. The number of carbonyl (C=O) groups is 1. The molecule has 3 aromatic rings. The molecule has 8 nitrogen and oxygen atoms in total. The predicted octanol–water partition coefficient (Wildman–Crippen LogP) is 5.57. The molecule has 0 bridgehead atoms. The molecule has 206 valence electrons. The van der Waals surface area contributed by atoms with E-state index in [9.17, 15) is 18.0 Å². The van der Waals surface area contributed by atoms with Gasteiger partial charge >= 0.3 is 0 Å². The maximum absolute atomic E-state index is 13.9. The van der Waals surface area contributed by atoms with Crippen LogP contribution in [0.1, 0.15) is 64.0 Å². The van der Waals surface area contributed by atoms with E-state index in [2.05, 4.69) is 20.4 Å². The Hall–Kier alpha value is -3.50. The highest BCUT2D eigenvalue weighted by Gasteiger charge is 2.57. The van der Waals surface area contributed by atoms with Gasteiger partial charge in [0.2, 0.25) is 18.3 Å². The highest BCUT2D eigenvalue weighted by atomic mass is 19.3. The number of anilines is 1. The van der Waals surface area contributed by atoms with Crippen molar-refractivity contribution >= 4 is 28.8 Å². The molecule has 39 heavy (non-hydrogen) atoms. The Morgan fingerprint density at radius 2 is 2.00 bits per heavy atom. The molecule has 1 aliphatic carbocycles. The number of nitrogens with zero attached hydrogens (tertiary/aromatic N) is 6. The van der Waals surface area contributed by atoms with Gasteiger partial charge in [0, 0.05) is 48.9 Å². The van der Waals surface area contributed by atoms with Crippen molar-refractivity contribution in [1.29, 1.82) is 0 Å². The second-order valence-corrected chi connectivity index (χ2v) is 11.2. The summed E-state index contributed by atoms with van der Waals surface area (Å²) in [6.45, 7) is 4.60. The van der Waals surface area contributed by atoms with Crippen molar-refractivity contribution in [2.24, 2.45) is 10.9 Å². The van der Waals surface area contributed by atoms with Crippen molar-refractivity contribution in [3.05, 3.63) is 36.3 Å². The average Bonchev–Trinajstić information content (AvgIpc) is 3.35. The SMILES string of the molecule is CC1=Nc2ccc(-c3ccn4nc(NC5CCN(C(=O)[C@H]6CC6(C)F)CC5)ncc34)nc2C(CCC(F)F)C1. The molecule has 2 unspecified atom stereocenters. The van der Waals surface area contributed by atoms with E-state index >= 15 is 0 Å². The van der Waals surface area contributed by atoms with Crippen LogP contribution in [0.4, 0.5) is 24.8 Å². The standard InChI is InChI=1S/C28H32F3N7O/c1-16-13-17(3-6-24(29)30)25-22(33-16)5-4-21(35-25)19-9-12-38-23(19)15-32-27(36-38)34-18-7-10-37(11-8-18)26(39)20-14-28(20,2)31/h4-5,9,12,15,17-18,20,24H,3,6-8,10-11,13-14H2,1-2H3,(H,34,36)/t17?,20-,28?/m1/s1. The van der Waals surface area contributed by atoms with Crippen LogP contribution in [0.2, 0.25) is 0 Å². The summed E-state index contributed by atoms with van der Waals surface area (Å²) in [6.07, 6.45) is 3.91. The zero-order valence-corrected chi connectivity index (χ0v) is 22.1. The maximum Gasteiger partial charge on any atom is 0.241 e. The van der Waals surface area contributed by atoms with Crippen LogP contribution in [0.3, 0.4) is 0 Å². The Labute approximate surface area is 224 Å². The van der Waals surface area contributed by atoms with Crippen LogP contribution in [0, 0.1) is 5.92 Å². The third-order valence-corrected chi connectivity index (χ3v) is 8.18. The Morgan fingerprint density at radius 1 is 1.23 bits per heavy atom. The van der Waals surface area contributed by atoms with E-state index in [4.69, 9.17) is 4.98 Å². The van der Waals surface area contributed by atoms with Crippen LogP contribution in [0.25, 0.3) is 16.8 Å². The van der Waals surface area contributed by atoms with E-state index in [0.717, 1.165) is 46.7 Å². The number of alkyl halides is 3. The number of piperidine rings is 1. The lowest BCUT2D eigenvalue weighted by Crippen LogP contribution is -2.43. The molecule has 6 rings (SSSR count). The number of aliphatic imine (C=N–C) groups is 1. The van der Waals surface area contributed by atoms with Crippen LogP contribution in [0.5, 0.6) is 0 Å². The third-order valence-electron chi connectivity index (χ3n) is 8.18. The smallest absolute Gasteiger partial charge is 0.241 e. The van der Waals surface area contributed by atoms with Crippen LogP contribution < -0.4 is 5.32 Å². The van der Waals surface area contributed by atoms with Crippen LogP contribution in [0.15, 0.2) is 35.6 Å². The van der Waals surface area contributed by atoms with Crippen molar-refractivity contribution in [2.45, 2.75) is 76.4 Å². The lowest BCUT2D eigenvalue weighted by molar-refractivity contribution is -0.134.